The van der Waals surface area contributed by atoms with E-state index in [1.165, 1.54) is 49.7 Å². The number of aryl methyl sites for hydroxylation is 2. The van der Waals surface area contributed by atoms with E-state index in [0.717, 1.165) is 12.3 Å². The summed E-state index contributed by atoms with van der Waals surface area (Å²) in [5, 5.41) is 3.57. The zero-order chi connectivity index (χ0) is 11.7. The Kier molecular flexibility index (Phi) is 3.06. The molecule has 3 rings (SSSR count). The van der Waals surface area contributed by atoms with Gasteiger partial charge in [0.2, 0.25) is 0 Å². The Morgan fingerprint density at radius 2 is 1.88 bits per heavy atom. The smallest absolute Gasteiger partial charge is 0.123 e. The second kappa shape index (κ2) is 4.69. The van der Waals surface area contributed by atoms with Gasteiger partial charge in [0.25, 0.3) is 0 Å². The van der Waals surface area contributed by atoms with Gasteiger partial charge >= 0.3 is 0 Å². The molecule has 0 radical (unpaired) electrons. The van der Waals surface area contributed by atoms with Crippen molar-refractivity contribution in [3.05, 3.63) is 28.8 Å². The van der Waals surface area contributed by atoms with E-state index in [9.17, 15) is 0 Å². The van der Waals surface area contributed by atoms with E-state index < -0.39 is 0 Å². The molecule has 2 heteroatoms. The normalized spacial score (nSPS) is 23.5. The minimum atomic E-state index is 0.511. The van der Waals surface area contributed by atoms with Crippen LogP contribution in [0.25, 0.3) is 0 Å². The average Bonchev–Trinajstić information content (AvgIpc) is 2.91. The molecule has 1 aliphatic carbocycles. The van der Waals surface area contributed by atoms with Crippen LogP contribution in [0.15, 0.2) is 12.1 Å². The quantitative estimate of drug-likeness (QED) is 0.845. The average molecular weight is 231 g/mol. The molecule has 2 aliphatic rings. The largest absolute Gasteiger partial charge is 0.496 e. The molecule has 1 atom stereocenters. The van der Waals surface area contributed by atoms with Gasteiger partial charge in [0.15, 0.2) is 0 Å². The summed E-state index contributed by atoms with van der Waals surface area (Å²) in [6.45, 7) is 1.14. The molecular weight excluding hydrogens is 210 g/mol. The van der Waals surface area contributed by atoms with Crippen LogP contribution in [0, 0.1) is 0 Å². The van der Waals surface area contributed by atoms with Crippen LogP contribution in [0.4, 0.5) is 0 Å². The van der Waals surface area contributed by atoms with Gasteiger partial charge in [-0.2, -0.15) is 0 Å². The third-order valence-electron chi connectivity index (χ3n) is 4.13. The van der Waals surface area contributed by atoms with Crippen molar-refractivity contribution in [2.45, 2.75) is 44.6 Å². The summed E-state index contributed by atoms with van der Waals surface area (Å²) in [5.41, 5.74) is 4.45. The van der Waals surface area contributed by atoms with Crippen molar-refractivity contribution in [1.29, 1.82) is 0 Å². The van der Waals surface area contributed by atoms with Crippen molar-refractivity contribution in [3.8, 4) is 5.75 Å². The Bertz CT molecular complexity index is 408. The van der Waals surface area contributed by atoms with Gasteiger partial charge in [0.1, 0.15) is 5.75 Å². The van der Waals surface area contributed by atoms with E-state index in [1.807, 2.05) is 0 Å². The van der Waals surface area contributed by atoms with Crippen molar-refractivity contribution >= 4 is 0 Å². The van der Waals surface area contributed by atoms with Crippen LogP contribution >= 0.6 is 0 Å². The van der Waals surface area contributed by atoms with Gasteiger partial charge in [-0.25, -0.2) is 0 Å². The molecule has 1 aromatic rings. The van der Waals surface area contributed by atoms with E-state index in [4.69, 9.17) is 4.74 Å². The van der Waals surface area contributed by atoms with Crippen molar-refractivity contribution in [2.75, 3.05) is 13.7 Å². The van der Waals surface area contributed by atoms with Gasteiger partial charge in [-0.05, 0) is 62.3 Å². The predicted octanol–water partition coefficient (Wildman–Crippen LogP) is 3.00. The fourth-order valence-electron chi connectivity index (χ4n) is 3.18. The molecule has 1 aliphatic heterocycles. The minimum Gasteiger partial charge on any atom is -0.496 e. The van der Waals surface area contributed by atoms with Crippen molar-refractivity contribution in [1.82, 2.24) is 5.32 Å². The van der Waals surface area contributed by atoms with Crippen LogP contribution in [0.3, 0.4) is 0 Å². The molecular formula is C15H21NO. The molecule has 1 heterocycles. The third-order valence-corrected chi connectivity index (χ3v) is 4.13. The van der Waals surface area contributed by atoms with Crippen LogP contribution in [-0.4, -0.2) is 13.7 Å². The highest BCUT2D eigenvalue weighted by atomic mass is 16.5. The fraction of sp³-hybridized carbons (Fsp3) is 0.600. The second-order valence-electron chi connectivity index (χ2n) is 5.22. The Labute approximate surface area is 103 Å². The molecule has 0 saturated carbocycles. The number of hydrogen-bond acceptors (Lipinski definition) is 2. The summed E-state index contributed by atoms with van der Waals surface area (Å²) in [5.74, 6) is 1.09. The lowest BCUT2D eigenvalue weighted by Gasteiger charge is -2.22. The molecule has 2 nitrogen and oxygen atoms in total. The maximum atomic E-state index is 5.58. The molecule has 1 aromatic carbocycles. The molecule has 0 unspecified atom stereocenters. The number of rotatable bonds is 2. The SMILES string of the molecule is COc1cc2c(cc1[C@H]1CCCN1)CCCC2. The molecule has 1 N–H and O–H groups in total. The van der Waals surface area contributed by atoms with E-state index in [-0.39, 0.29) is 0 Å². The minimum absolute atomic E-state index is 0.511. The molecule has 17 heavy (non-hydrogen) atoms. The van der Waals surface area contributed by atoms with Crippen LogP contribution in [0.1, 0.15) is 48.4 Å². The fourth-order valence-corrected chi connectivity index (χ4v) is 3.18. The lowest BCUT2D eigenvalue weighted by atomic mass is 9.88. The molecule has 92 valence electrons. The zero-order valence-corrected chi connectivity index (χ0v) is 10.6. The van der Waals surface area contributed by atoms with Crippen molar-refractivity contribution in [3.63, 3.8) is 0 Å². The summed E-state index contributed by atoms with van der Waals surface area (Å²) in [7, 11) is 1.79. The summed E-state index contributed by atoms with van der Waals surface area (Å²) < 4.78 is 5.58. The first-order valence-corrected chi connectivity index (χ1v) is 6.81. The van der Waals surface area contributed by atoms with Gasteiger partial charge < -0.3 is 10.1 Å². The highest BCUT2D eigenvalue weighted by Crippen LogP contribution is 2.35. The highest BCUT2D eigenvalue weighted by molar-refractivity contribution is 5.45. The summed E-state index contributed by atoms with van der Waals surface area (Å²) >= 11 is 0. The van der Waals surface area contributed by atoms with E-state index in [0.29, 0.717) is 6.04 Å². The van der Waals surface area contributed by atoms with Gasteiger partial charge in [-0.15, -0.1) is 0 Å². The monoisotopic (exact) mass is 231 g/mol. The Hall–Kier alpha value is -1.02. The molecule has 1 saturated heterocycles. The Balaban J connectivity index is 2.00. The maximum Gasteiger partial charge on any atom is 0.123 e. The van der Waals surface area contributed by atoms with Crippen LogP contribution in [-0.2, 0) is 12.8 Å². The van der Waals surface area contributed by atoms with E-state index >= 15 is 0 Å². The van der Waals surface area contributed by atoms with Crippen LogP contribution in [0.5, 0.6) is 5.75 Å². The van der Waals surface area contributed by atoms with E-state index in [1.54, 1.807) is 12.7 Å². The number of nitrogens with one attached hydrogen (secondary N) is 1. The first kappa shape index (κ1) is 11.1. The van der Waals surface area contributed by atoms with Crippen LogP contribution in [0.2, 0.25) is 0 Å². The molecule has 0 spiro atoms. The van der Waals surface area contributed by atoms with Gasteiger partial charge in [-0.1, -0.05) is 6.07 Å². The van der Waals surface area contributed by atoms with Gasteiger partial charge in [0.05, 0.1) is 7.11 Å². The topological polar surface area (TPSA) is 21.3 Å². The summed E-state index contributed by atoms with van der Waals surface area (Å²) in [6, 6.07) is 5.19. The number of methoxy groups -OCH3 is 1. The highest BCUT2D eigenvalue weighted by Gasteiger charge is 2.22. The van der Waals surface area contributed by atoms with Gasteiger partial charge in [-0.3, -0.25) is 0 Å². The van der Waals surface area contributed by atoms with Crippen molar-refractivity contribution < 1.29 is 4.74 Å². The lowest BCUT2D eigenvalue weighted by molar-refractivity contribution is 0.402. The molecule has 0 bridgehead atoms. The number of ether oxygens (including phenoxy) is 1. The summed E-state index contributed by atoms with van der Waals surface area (Å²) in [4.78, 5) is 0. The number of benzene rings is 1. The lowest BCUT2D eigenvalue weighted by Crippen LogP contribution is -2.15. The standard InChI is InChI=1S/C15H21NO/c1-17-15-10-12-6-3-2-5-11(12)9-13(15)14-7-4-8-16-14/h9-10,14,16H,2-8H2,1H3/t14-/m1/s1. The second-order valence-corrected chi connectivity index (χ2v) is 5.22. The number of hydrogen-bond donors (Lipinski definition) is 1. The first-order chi connectivity index (χ1) is 8.38. The maximum absolute atomic E-state index is 5.58. The first-order valence-electron chi connectivity index (χ1n) is 6.81. The van der Waals surface area contributed by atoms with Gasteiger partial charge in [0, 0.05) is 11.6 Å². The van der Waals surface area contributed by atoms with Crippen LogP contribution < -0.4 is 10.1 Å². The molecule has 1 fully saturated rings. The zero-order valence-electron chi connectivity index (χ0n) is 10.6. The molecule has 0 amide bonds. The number of fused-ring (bicyclic) bond motifs is 1. The summed E-state index contributed by atoms with van der Waals surface area (Å²) in [6.07, 6.45) is 7.68. The van der Waals surface area contributed by atoms with Crippen molar-refractivity contribution in [2.24, 2.45) is 0 Å². The van der Waals surface area contributed by atoms with E-state index in [2.05, 4.69) is 17.4 Å². The predicted molar refractivity (Wildman–Crippen MR) is 69.6 cm³/mol. The third kappa shape index (κ3) is 2.06. The Morgan fingerprint density at radius 3 is 2.53 bits per heavy atom. The molecule has 0 aromatic heterocycles. The Morgan fingerprint density at radius 1 is 1.12 bits per heavy atom.